The van der Waals surface area contributed by atoms with Gasteiger partial charge in [0.2, 0.25) is 0 Å². The van der Waals surface area contributed by atoms with Crippen molar-refractivity contribution in [3.05, 3.63) is 30.1 Å². The lowest BCUT2D eigenvalue weighted by atomic mass is 10.0. The number of unbranched alkanes of at least 4 members (excludes halogenated alkanes) is 11. The molecule has 1 nitrogen and oxygen atoms in total. The highest BCUT2D eigenvalue weighted by molar-refractivity contribution is 9.09. The van der Waals surface area contributed by atoms with Crippen LogP contribution in [0, 0.1) is 0 Å². The summed E-state index contributed by atoms with van der Waals surface area (Å²) in [6, 6.07) is 6.18. The van der Waals surface area contributed by atoms with E-state index in [1.165, 1.54) is 89.2 Å². The Morgan fingerprint density at radius 1 is 0.826 bits per heavy atom. The third-order valence-electron chi connectivity index (χ3n) is 4.53. The van der Waals surface area contributed by atoms with Gasteiger partial charge in [0.05, 0.1) is 0 Å². The van der Waals surface area contributed by atoms with Crippen LogP contribution in [0.4, 0.5) is 0 Å². The van der Waals surface area contributed by atoms with Crippen molar-refractivity contribution < 1.29 is 0 Å². The zero-order chi connectivity index (χ0) is 16.6. The summed E-state index contributed by atoms with van der Waals surface area (Å²) < 4.78 is 0. The zero-order valence-electron chi connectivity index (χ0n) is 15.1. The topological polar surface area (TPSA) is 12.9 Å². The maximum Gasteiger partial charge on any atom is 0.0414 e. The Kier molecular flexibility index (Phi) is 13.6. The van der Waals surface area contributed by atoms with Crippen molar-refractivity contribution in [1.29, 1.82) is 0 Å². The molecule has 0 aliphatic heterocycles. The molecule has 1 aromatic rings. The predicted molar refractivity (Wildman–Crippen MR) is 106 cm³/mol. The maximum atomic E-state index is 4.40. The molecular weight excluding hydrogens is 346 g/mol. The van der Waals surface area contributed by atoms with Crippen LogP contribution < -0.4 is 0 Å². The van der Waals surface area contributed by atoms with Gasteiger partial charge < -0.3 is 0 Å². The van der Waals surface area contributed by atoms with Gasteiger partial charge in [-0.1, -0.05) is 106 Å². The summed E-state index contributed by atoms with van der Waals surface area (Å²) >= 11 is 3.80. The number of hydrogen-bond donors (Lipinski definition) is 0. The van der Waals surface area contributed by atoms with Crippen LogP contribution in [0.15, 0.2) is 24.4 Å². The van der Waals surface area contributed by atoms with Gasteiger partial charge in [-0.25, -0.2) is 0 Å². The fraction of sp³-hybridized carbons (Fsp3) is 0.762. The summed E-state index contributed by atoms with van der Waals surface area (Å²) in [6.45, 7) is 2.29. The summed E-state index contributed by atoms with van der Waals surface area (Å²) in [4.78, 5) is 4.98. The molecule has 1 aromatic heterocycles. The normalized spacial score (nSPS) is 12.4. The van der Waals surface area contributed by atoms with Gasteiger partial charge in [0, 0.05) is 23.1 Å². The minimum atomic E-state index is 0.584. The molecular formula is C21H36BrN. The largest absolute Gasteiger partial charge is 0.261 e. The molecule has 23 heavy (non-hydrogen) atoms. The van der Waals surface area contributed by atoms with E-state index in [1.807, 2.05) is 12.3 Å². The van der Waals surface area contributed by atoms with Crippen molar-refractivity contribution in [3.63, 3.8) is 0 Å². The van der Waals surface area contributed by atoms with E-state index in [0.717, 1.165) is 6.42 Å². The van der Waals surface area contributed by atoms with Crippen molar-refractivity contribution in [3.8, 4) is 0 Å². The third kappa shape index (κ3) is 12.7. The van der Waals surface area contributed by atoms with Crippen LogP contribution >= 0.6 is 15.9 Å². The molecule has 0 saturated heterocycles. The third-order valence-corrected chi connectivity index (χ3v) is 5.31. The standard InChI is InChI=1S/C21H36BrN/c1-2-3-4-5-6-7-8-9-10-11-12-13-16-20(22)19-21-17-14-15-18-23-21/h14-15,17-18,20H,2-13,16,19H2,1H3. The first kappa shape index (κ1) is 20.7. The summed E-state index contributed by atoms with van der Waals surface area (Å²) in [6.07, 6.45) is 21.3. The number of alkyl halides is 1. The molecule has 132 valence electrons. The van der Waals surface area contributed by atoms with Crippen LogP contribution in [0.1, 0.15) is 96.1 Å². The molecule has 0 radical (unpaired) electrons. The molecule has 1 rings (SSSR count). The molecule has 0 saturated carbocycles. The number of nitrogens with zero attached hydrogens (tertiary/aromatic N) is 1. The molecule has 0 aliphatic rings. The van der Waals surface area contributed by atoms with E-state index >= 15 is 0 Å². The molecule has 0 fully saturated rings. The molecule has 1 atom stereocenters. The van der Waals surface area contributed by atoms with E-state index in [4.69, 9.17) is 0 Å². The second-order valence-electron chi connectivity index (χ2n) is 6.80. The van der Waals surface area contributed by atoms with Gasteiger partial charge in [0.15, 0.2) is 0 Å². The van der Waals surface area contributed by atoms with Crippen molar-refractivity contribution in [2.24, 2.45) is 0 Å². The second-order valence-corrected chi connectivity index (χ2v) is 8.10. The second kappa shape index (κ2) is 15.2. The van der Waals surface area contributed by atoms with Crippen LogP contribution in [0.25, 0.3) is 0 Å². The van der Waals surface area contributed by atoms with Crippen molar-refractivity contribution in [1.82, 2.24) is 4.98 Å². The smallest absolute Gasteiger partial charge is 0.0414 e. The van der Waals surface area contributed by atoms with Crippen LogP contribution in [0.5, 0.6) is 0 Å². The van der Waals surface area contributed by atoms with E-state index in [-0.39, 0.29) is 0 Å². The van der Waals surface area contributed by atoms with E-state index in [1.54, 1.807) is 0 Å². The molecule has 1 heterocycles. The van der Waals surface area contributed by atoms with E-state index in [0.29, 0.717) is 4.83 Å². The summed E-state index contributed by atoms with van der Waals surface area (Å²) in [5.41, 5.74) is 1.20. The van der Waals surface area contributed by atoms with E-state index in [9.17, 15) is 0 Å². The van der Waals surface area contributed by atoms with Crippen LogP contribution in [-0.4, -0.2) is 9.81 Å². The average Bonchev–Trinajstić information content (AvgIpc) is 2.57. The van der Waals surface area contributed by atoms with Crippen LogP contribution in [-0.2, 0) is 6.42 Å². The molecule has 1 unspecified atom stereocenters. The van der Waals surface area contributed by atoms with Crippen LogP contribution in [0.2, 0.25) is 0 Å². The van der Waals surface area contributed by atoms with E-state index in [2.05, 4.69) is 40.0 Å². The molecule has 0 N–H and O–H groups in total. The molecule has 0 bridgehead atoms. The highest BCUT2D eigenvalue weighted by Gasteiger charge is 2.05. The molecule has 0 aromatic carbocycles. The molecule has 0 amide bonds. The van der Waals surface area contributed by atoms with Gasteiger partial charge in [-0.05, 0) is 18.6 Å². The monoisotopic (exact) mass is 381 g/mol. The SMILES string of the molecule is CCCCCCCCCCCCCCC(Br)Cc1ccccn1. The number of pyridine rings is 1. The Bertz CT molecular complexity index is 352. The average molecular weight is 382 g/mol. The fourth-order valence-corrected chi connectivity index (χ4v) is 3.71. The Morgan fingerprint density at radius 2 is 1.39 bits per heavy atom. The minimum absolute atomic E-state index is 0.584. The van der Waals surface area contributed by atoms with Crippen molar-refractivity contribution >= 4 is 15.9 Å². The Morgan fingerprint density at radius 3 is 1.91 bits per heavy atom. The Labute approximate surface area is 152 Å². The highest BCUT2D eigenvalue weighted by atomic mass is 79.9. The van der Waals surface area contributed by atoms with Gasteiger partial charge in [-0.3, -0.25) is 4.98 Å². The van der Waals surface area contributed by atoms with Gasteiger partial charge in [-0.2, -0.15) is 0 Å². The molecule has 0 aliphatic carbocycles. The van der Waals surface area contributed by atoms with Gasteiger partial charge in [0.1, 0.15) is 0 Å². The first-order chi connectivity index (χ1) is 11.3. The number of rotatable bonds is 15. The van der Waals surface area contributed by atoms with E-state index < -0.39 is 0 Å². The highest BCUT2D eigenvalue weighted by Crippen LogP contribution is 2.17. The molecule has 0 spiro atoms. The van der Waals surface area contributed by atoms with Gasteiger partial charge in [-0.15, -0.1) is 0 Å². The van der Waals surface area contributed by atoms with Gasteiger partial charge >= 0.3 is 0 Å². The van der Waals surface area contributed by atoms with Gasteiger partial charge in [0.25, 0.3) is 0 Å². The van der Waals surface area contributed by atoms with Crippen LogP contribution in [0.3, 0.4) is 0 Å². The lowest BCUT2D eigenvalue weighted by Gasteiger charge is -2.09. The number of hydrogen-bond acceptors (Lipinski definition) is 1. The quantitative estimate of drug-likeness (QED) is 0.226. The maximum absolute atomic E-state index is 4.40. The summed E-state index contributed by atoms with van der Waals surface area (Å²) in [5.74, 6) is 0. The fourth-order valence-electron chi connectivity index (χ4n) is 3.05. The lowest BCUT2D eigenvalue weighted by molar-refractivity contribution is 0.537. The zero-order valence-corrected chi connectivity index (χ0v) is 16.7. The lowest BCUT2D eigenvalue weighted by Crippen LogP contribution is -2.04. The predicted octanol–water partition coefficient (Wildman–Crippen LogP) is 7.48. The Balaban J connectivity index is 1.82. The number of aromatic nitrogens is 1. The molecule has 2 heteroatoms. The van der Waals surface area contributed by atoms with Crippen molar-refractivity contribution in [2.75, 3.05) is 0 Å². The first-order valence-electron chi connectivity index (χ1n) is 9.87. The summed E-state index contributed by atoms with van der Waals surface area (Å²) in [7, 11) is 0. The van der Waals surface area contributed by atoms with Crippen molar-refractivity contribution in [2.45, 2.75) is 102 Å². The minimum Gasteiger partial charge on any atom is -0.261 e. The number of halogens is 1. The summed E-state index contributed by atoms with van der Waals surface area (Å²) in [5, 5.41) is 0. The first-order valence-corrected chi connectivity index (χ1v) is 10.8. The Hall–Kier alpha value is -0.370.